The van der Waals surface area contributed by atoms with Crippen molar-refractivity contribution in [3.63, 3.8) is 0 Å². The molecule has 0 atom stereocenters. The second-order valence-corrected chi connectivity index (χ2v) is 2.42. The van der Waals surface area contributed by atoms with Gasteiger partial charge >= 0.3 is 0 Å². The Morgan fingerprint density at radius 2 is 2.45 bits per heavy atom. The highest BCUT2D eigenvalue weighted by molar-refractivity contribution is 5.73. The quantitative estimate of drug-likeness (QED) is 0.664. The Bertz CT molecular complexity index is 364. The normalized spacial score (nSPS) is 10.6. The number of aromatic nitrogens is 3. The lowest BCUT2D eigenvalue weighted by molar-refractivity contribution is 0.956. The van der Waals surface area contributed by atoms with Crippen molar-refractivity contribution in [2.24, 2.45) is 0 Å². The predicted molar refractivity (Wildman–Crippen MR) is 43.3 cm³/mol. The molecule has 2 aromatic heterocycles. The van der Waals surface area contributed by atoms with Gasteiger partial charge in [-0.25, -0.2) is 9.97 Å². The molecule has 0 aliphatic heterocycles. The SMILES string of the molecule is CCc1ncc2cc[nH]c2n1. The van der Waals surface area contributed by atoms with Gasteiger partial charge < -0.3 is 4.98 Å². The molecule has 0 radical (unpaired) electrons. The maximum absolute atomic E-state index is 4.29. The van der Waals surface area contributed by atoms with Gasteiger partial charge in [-0.1, -0.05) is 6.92 Å². The smallest absolute Gasteiger partial charge is 0.140 e. The predicted octanol–water partition coefficient (Wildman–Crippen LogP) is 1.52. The van der Waals surface area contributed by atoms with Gasteiger partial charge in [-0.15, -0.1) is 0 Å². The minimum atomic E-state index is 0.884. The van der Waals surface area contributed by atoms with E-state index >= 15 is 0 Å². The highest BCUT2D eigenvalue weighted by Gasteiger charge is 1.96. The van der Waals surface area contributed by atoms with Gasteiger partial charge in [0, 0.05) is 24.2 Å². The third-order valence-electron chi connectivity index (χ3n) is 1.67. The molecule has 1 N–H and O–H groups in total. The molecule has 0 saturated carbocycles. The van der Waals surface area contributed by atoms with Gasteiger partial charge in [0.15, 0.2) is 0 Å². The van der Waals surface area contributed by atoms with Gasteiger partial charge in [0.25, 0.3) is 0 Å². The molecule has 2 aromatic rings. The number of fused-ring (bicyclic) bond motifs is 1. The van der Waals surface area contributed by atoms with Crippen molar-refractivity contribution in [1.29, 1.82) is 0 Å². The lowest BCUT2D eigenvalue weighted by atomic mass is 10.4. The van der Waals surface area contributed by atoms with Crippen LogP contribution >= 0.6 is 0 Å². The average molecular weight is 147 g/mol. The molecule has 0 amide bonds. The van der Waals surface area contributed by atoms with Gasteiger partial charge in [0.1, 0.15) is 11.5 Å². The summed E-state index contributed by atoms with van der Waals surface area (Å²) in [6.07, 6.45) is 4.60. The average Bonchev–Trinajstić information content (AvgIpc) is 2.50. The zero-order valence-corrected chi connectivity index (χ0v) is 6.33. The summed E-state index contributed by atoms with van der Waals surface area (Å²) in [5.41, 5.74) is 0.928. The Morgan fingerprint density at radius 3 is 3.27 bits per heavy atom. The number of rotatable bonds is 1. The fourth-order valence-electron chi connectivity index (χ4n) is 1.05. The topological polar surface area (TPSA) is 41.6 Å². The van der Waals surface area contributed by atoms with Crippen LogP contribution in [0.2, 0.25) is 0 Å². The first-order valence-electron chi connectivity index (χ1n) is 3.69. The number of hydrogen-bond acceptors (Lipinski definition) is 2. The number of aryl methyl sites for hydroxylation is 1. The second kappa shape index (κ2) is 2.34. The molecule has 0 fully saturated rings. The van der Waals surface area contributed by atoms with E-state index < -0.39 is 0 Å². The molecule has 0 saturated heterocycles. The Labute approximate surface area is 64.5 Å². The largest absolute Gasteiger partial charge is 0.346 e. The van der Waals surface area contributed by atoms with Crippen molar-refractivity contribution in [2.45, 2.75) is 13.3 Å². The number of aromatic amines is 1. The van der Waals surface area contributed by atoms with Gasteiger partial charge in [0.2, 0.25) is 0 Å². The van der Waals surface area contributed by atoms with Crippen molar-refractivity contribution in [2.75, 3.05) is 0 Å². The molecule has 0 unspecified atom stereocenters. The van der Waals surface area contributed by atoms with Crippen molar-refractivity contribution in [3.05, 3.63) is 24.3 Å². The summed E-state index contributed by atoms with van der Waals surface area (Å²) < 4.78 is 0. The lowest BCUT2D eigenvalue weighted by Crippen LogP contribution is -1.90. The van der Waals surface area contributed by atoms with E-state index in [0.717, 1.165) is 23.3 Å². The Kier molecular flexibility index (Phi) is 1.35. The number of nitrogens with one attached hydrogen (secondary N) is 1. The van der Waals surface area contributed by atoms with Crippen LogP contribution < -0.4 is 0 Å². The summed E-state index contributed by atoms with van der Waals surface area (Å²) in [5.74, 6) is 0.889. The second-order valence-electron chi connectivity index (χ2n) is 2.42. The monoisotopic (exact) mass is 147 g/mol. The number of H-pyrrole nitrogens is 1. The summed E-state index contributed by atoms with van der Waals surface area (Å²) in [4.78, 5) is 11.5. The van der Waals surface area contributed by atoms with E-state index in [4.69, 9.17) is 0 Å². The molecular weight excluding hydrogens is 138 g/mol. The third-order valence-corrected chi connectivity index (χ3v) is 1.67. The summed E-state index contributed by atoms with van der Waals surface area (Å²) in [7, 11) is 0. The molecule has 0 aromatic carbocycles. The Hall–Kier alpha value is -1.38. The molecule has 0 bridgehead atoms. The van der Waals surface area contributed by atoms with Crippen LogP contribution in [-0.4, -0.2) is 15.0 Å². The van der Waals surface area contributed by atoms with Gasteiger partial charge in [0.05, 0.1) is 0 Å². The molecule has 2 rings (SSSR count). The van der Waals surface area contributed by atoms with Crippen LogP contribution in [0, 0.1) is 0 Å². The maximum atomic E-state index is 4.29. The first-order valence-corrected chi connectivity index (χ1v) is 3.69. The molecular formula is C8H9N3. The van der Waals surface area contributed by atoms with E-state index in [9.17, 15) is 0 Å². The highest BCUT2D eigenvalue weighted by atomic mass is 14.9. The van der Waals surface area contributed by atoms with Crippen molar-refractivity contribution < 1.29 is 0 Å². The maximum Gasteiger partial charge on any atom is 0.140 e. The standard InChI is InChI=1S/C8H9N3/c1-2-7-10-5-6-3-4-9-8(6)11-7/h3-5H,2H2,1H3,(H,9,10,11). The fourth-order valence-corrected chi connectivity index (χ4v) is 1.05. The van der Waals surface area contributed by atoms with Crippen molar-refractivity contribution in [3.8, 4) is 0 Å². The van der Waals surface area contributed by atoms with E-state index in [1.807, 2.05) is 25.4 Å². The van der Waals surface area contributed by atoms with Gasteiger partial charge in [-0.05, 0) is 6.07 Å². The van der Waals surface area contributed by atoms with Crippen molar-refractivity contribution >= 4 is 11.0 Å². The molecule has 2 heterocycles. The Morgan fingerprint density at radius 1 is 1.55 bits per heavy atom. The number of nitrogens with zero attached hydrogens (tertiary/aromatic N) is 2. The molecule has 0 aliphatic rings. The van der Waals surface area contributed by atoms with Crippen molar-refractivity contribution in [1.82, 2.24) is 15.0 Å². The minimum absolute atomic E-state index is 0.884. The molecule has 0 spiro atoms. The fraction of sp³-hybridized carbons (Fsp3) is 0.250. The highest BCUT2D eigenvalue weighted by Crippen LogP contribution is 2.07. The molecule has 0 aliphatic carbocycles. The van der Waals surface area contributed by atoms with Crippen LogP contribution in [0.3, 0.4) is 0 Å². The van der Waals surface area contributed by atoms with Gasteiger partial charge in [-0.3, -0.25) is 0 Å². The summed E-state index contributed by atoms with van der Waals surface area (Å²) in [6, 6.07) is 1.97. The van der Waals surface area contributed by atoms with E-state index in [-0.39, 0.29) is 0 Å². The molecule has 11 heavy (non-hydrogen) atoms. The lowest BCUT2D eigenvalue weighted by Gasteiger charge is -1.92. The van der Waals surface area contributed by atoms with Crippen LogP contribution in [0.4, 0.5) is 0 Å². The van der Waals surface area contributed by atoms with Crippen LogP contribution in [0.15, 0.2) is 18.5 Å². The van der Waals surface area contributed by atoms with Crippen LogP contribution in [0.25, 0.3) is 11.0 Å². The summed E-state index contributed by atoms with van der Waals surface area (Å²) in [6.45, 7) is 2.05. The molecule has 3 nitrogen and oxygen atoms in total. The Balaban J connectivity index is 2.67. The van der Waals surface area contributed by atoms with Crippen LogP contribution in [0.5, 0.6) is 0 Å². The first kappa shape index (κ1) is 6.34. The van der Waals surface area contributed by atoms with Crippen LogP contribution in [-0.2, 0) is 6.42 Å². The van der Waals surface area contributed by atoms with E-state index in [1.165, 1.54) is 0 Å². The van der Waals surface area contributed by atoms with E-state index in [2.05, 4.69) is 15.0 Å². The zero-order valence-electron chi connectivity index (χ0n) is 6.33. The summed E-state index contributed by atoms with van der Waals surface area (Å²) >= 11 is 0. The minimum Gasteiger partial charge on any atom is -0.346 e. The summed E-state index contributed by atoms with van der Waals surface area (Å²) in [5, 5.41) is 1.07. The third kappa shape index (κ3) is 0.981. The van der Waals surface area contributed by atoms with Crippen LogP contribution in [0.1, 0.15) is 12.7 Å². The zero-order chi connectivity index (χ0) is 7.68. The van der Waals surface area contributed by atoms with E-state index in [0.29, 0.717) is 0 Å². The first-order chi connectivity index (χ1) is 5.40. The number of hydrogen-bond donors (Lipinski definition) is 1. The molecule has 3 heteroatoms. The van der Waals surface area contributed by atoms with E-state index in [1.54, 1.807) is 0 Å². The van der Waals surface area contributed by atoms with Gasteiger partial charge in [-0.2, -0.15) is 0 Å². The molecule has 56 valence electrons.